The Morgan fingerprint density at radius 2 is 1.97 bits per heavy atom. The normalized spacial score (nSPS) is 10.6. The number of hydrogen-bond donors (Lipinski definition) is 1. The maximum atomic E-state index is 12.6. The fourth-order valence-corrected chi connectivity index (χ4v) is 4.48. The first kappa shape index (κ1) is 21.2. The molecule has 6 nitrogen and oxygen atoms in total. The number of amides is 1. The zero-order valence-corrected chi connectivity index (χ0v) is 17.8. The lowest BCUT2D eigenvalue weighted by Crippen LogP contribution is -2.28. The van der Waals surface area contributed by atoms with Crippen molar-refractivity contribution < 1.29 is 19.1 Å². The van der Waals surface area contributed by atoms with Gasteiger partial charge in [-0.2, -0.15) is 4.73 Å². The van der Waals surface area contributed by atoms with Crippen molar-refractivity contribution in [2.24, 2.45) is 0 Å². The van der Waals surface area contributed by atoms with E-state index in [1.54, 1.807) is 48.7 Å². The third-order valence-electron chi connectivity index (χ3n) is 3.83. The first-order valence-electron chi connectivity index (χ1n) is 8.65. The van der Waals surface area contributed by atoms with E-state index in [1.807, 2.05) is 6.07 Å². The number of ether oxygens (including phenoxy) is 1. The molecule has 3 rings (SSSR count). The van der Waals surface area contributed by atoms with Crippen LogP contribution in [0.2, 0.25) is 5.02 Å². The fourth-order valence-electron chi connectivity index (χ4n) is 2.56. The molecular weight excluding hydrogens is 432 g/mol. The zero-order valence-electron chi connectivity index (χ0n) is 15.4. The van der Waals surface area contributed by atoms with Crippen LogP contribution in [0.15, 0.2) is 59.1 Å². The van der Waals surface area contributed by atoms with Crippen molar-refractivity contribution in [1.29, 1.82) is 0 Å². The summed E-state index contributed by atoms with van der Waals surface area (Å²) in [4.78, 5) is 25.0. The van der Waals surface area contributed by atoms with E-state index >= 15 is 0 Å². The number of carbonyl (C=O) groups is 2. The van der Waals surface area contributed by atoms with Gasteiger partial charge in [0.2, 0.25) is 5.91 Å². The molecule has 0 radical (unpaired) electrons. The predicted molar refractivity (Wildman–Crippen MR) is 115 cm³/mol. The number of aromatic nitrogens is 1. The van der Waals surface area contributed by atoms with Crippen LogP contribution in [0.25, 0.3) is 11.1 Å². The van der Waals surface area contributed by atoms with Crippen LogP contribution in [0.4, 0.5) is 5.00 Å². The lowest BCUT2D eigenvalue weighted by molar-refractivity contribution is -0.645. The number of halogens is 1. The monoisotopic (exact) mass is 448 g/mol. The molecule has 29 heavy (non-hydrogen) atoms. The number of pyridine rings is 1. The van der Waals surface area contributed by atoms with E-state index in [4.69, 9.17) is 16.3 Å². The smallest absolute Gasteiger partial charge is 0.341 e. The van der Waals surface area contributed by atoms with Gasteiger partial charge in [0.25, 0.3) is 5.03 Å². The van der Waals surface area contributed by atoms with Crippen molar-refractivity contribution in [2.45, 2.75) is 11.9 Å². The highest BCUT2D eigenvalue weighted by molar-refractivity contribution is 7.99. The second kappa shape index (κ2) is 9.78. The van der Waals surface area contributed by atoms with Crippen molar-refractivity contribution >= 4 is 51.6 Å². The zero-order chi connectivity index (χ0) is 20.8. The fraction of sp³-hybridized carbons (Fsp3) is 0.150. The van der Waals surface area contributed by atoms with Crippen LogP contribution in [0, 0.1) is 5.21 Å². The highest BCUT2D eigenvalue weighted by Crippen LogP contribution is 2.39. The van der Waals surface area contributed by atoms with Crippen molar-refractivity contribution in [3.63, 3.8) is 0 Å². The minimum atomic E-state index is -0.535. The third kappa shape index (κ3) is 5.09. The number of nitrogens with zero attached hydrogens (tertiary/aromatic N) is 1. The van der Waals surface area contributed by atoms with Crippen molar-refractivity contribution in [3.8, 4) is 11.1 Å². The molecule has 0 aliphatic heterocycles. The highest BCUT2D eigenvalue weighted by Gasteiger charge is 2.24. The molecule has 1 amide bonds. The summed E-state index contributed by atoms with van der Waals surface area (Å²) in [6.45, 7) is 1.92. The summed E-state index contributed by atoms with van der Waals surface area (Å²) >= 11 is 8.62. The van der Waals surface area contributed by atoms with Crippen molar-refractivity contribution in [1.82, 2.24) is 0 Å². The Kier molecular flexibility index (Phi) is 7.13. The lowest BCUT2D eigenvalue weighted by Gasteiger charge is -2.09. The molecule has 0 bridgehead atoms. The first-order valence-corrected chi connectivity index (χ1v) is 10.9. The Morgan fingerprint density at radius 1 is 1.21 bits per heavy atom. The molecule has 1 aromatic carbocycles. The van der Waals surface area contributed by atoms with Crippen molar-refractivity contribution in [2.75, 3.05) is 17.7 Å². The Hall–Kier alpha value is -2.55. The molecule has 2 heterocycles. The molecule has 0 fully saturated rings. The van der Waals surface area contributed by atoms with Gasteiger partial charge < -0.3 is 15.3 Å². The van der Waals surface area contributed by atoms with Crippen LogP contribution in [-0.4, -0.2) is 24.2 Å². The van der Waals surface area contributed by atoms with Gasteiger partial charge in [0.05, 0.1) is 12.4 Å². The van der Waals surface area contributed by atoms with E-state index in [0.717, 1.165) is 11.8 Å². The van der Waals surface area contributed by atoms with Gasteiger partial charge in [-0.05, 0) is 30.8 Å². The maximum absolute atomic E-state index is 12.6. The molecular formula is C20H17ClN2O4S2. The Balaban J connectivity index is 1.83. The standard InChI is InChI=1S/C20H17ClN2O4S2/c1-2-27-20(25)18-14(13-7-3-4-8-15(13)21)11-29-19(18)22-16(24)12-28-17-9-5-6-10-23(17)26/h3-11H,2,12H2,1H3,(H,22,24). The highest BCUT2D eigenvalue weighted by atomic mass is 35.5. The lowest BCUT2D eigenvalue weighted by atomic mass is 10.0. The number of hydrogen-bond acceptors (Lipinski definition) is 6. The van der Waals surface area contributed by atoms with Crippen LogP contribution in [0.5, 0.6) is 0 Å². The van der Waals surface area contributed by atoms with Gasteiger partial charge in [-0.25, -0.2) is 4.79 Å². The topological polar surface area (TPSA) is 82.3 Å². The second-order valence-corrected chi connectivity index (χ2v) is 8.04. The van der Waals surface area contributed by atoms with E-state index < -0.39 is 5.97 Å². The summed E-state index contributed by atoms with van der Waals surface area (Å²) in [6.07, 6.45) is 1.37. The summed E-state index contributed by atoms with van der Waals surface area (Å²) in [5, 5.41) is 17.5. The molecule has 2 aromatic heterocycles. The maximum Gasteiger partial charge on any atom is 0.341 e. The summed E-state index contributed by atoms with van der Waals surface area (Å²) in [5.74, 6) is -0.850. The van der Waals surface area contributed by atoms with Gasteiger partial charge in [0.1, 0.15) is 10.6 Å². The van der Waals surface area contributed by atoms with Gasteiger partial charge in [-0.3, -0.25) is 4.79 Å². The quantitative estimate of drug-likeness (QED) is 0.247. The molecule has 0 saturated carbocycles. The van der Waals surface area contributed by atoms with E-state index in [0.29, 0.717) is 30.9 Å². The van der Waals surface area contributed by atoms with Crippen LogP contribution >= 0.6 is 34.7 Å². The summed E-state index contributed by atoms with van der Waals surface area (Å²) < 4.78 is 5.88. The molecule has 1 N–H and O–H groups in total. The second-order valence-electron chi connectivity index (χ2n) is 5.76. The van der Waals surface area contributed by atoms with E-state index in [2.05, 4.69) is 5.32 Å². The Bertz CT molecular complexity index is 1040. The first-order chi connectivity index (χ1) is 14.0. The SMILES string of the molecule is CCOC(=O)c1c(-c2ccccc2Cl)csc1NC(=O)CSc1cccc[n+]1[O-]. The van der Waals surface area contributed by atoms with Gasteiger partial charge in [-0.1, -0.05) is 29.8 Å². The number of anilines is 1. The molecule has 0 aliphatic rings. The number of carbonyl (C=O) groups excluding carboxylic acids is 2. The van der Waals surface area contributed by atoms with Crippen LogP contribution < -0.4 is 10.0 Å². The molecule has 9 heteroatoms. The molecule has 0 atom stereocenters. The number of nitrogens with one attached hydrogen (secondary N) is 1. The van der Waals surface area contributed by atoms with Gasteiger partial charge in [-0.15, -0.1) is 11.3 Å². The van der Waals surface area contributed by atoms with Gasteiger partial charge in [0.15, 0.2) is 6.20 Å². The van der Waals surface area contributed by atoms with Crippen LogP contribution in [0.3, 0.4) is 0 Å². The van der Waals surface area contributed by atoms with Gasteiger partial charge >= 0.3 is 5.97 Å². The summed E-state index contributed by atoms with van der Waals surface area (Å²) in [6, 6.07) is 12.1. The van der Waals surface area contributed by atoms with E-state index in [-0.39, 0.29) is 23.8 Å². The number of thioether (sulfide) groups is 1. The largest absolute Gasteiger partial charge is 0.618 e. The molecule has 0 saturated heterocycles. The van der Waals surface area contributed by atoms with Crippen molar-refractivity contribution in [3.05, 3.63) is 69.8 Å². The Morgan fingerprint density at radius 3 is 2.69 bits per heavy atom. The molecule has 0 aliphatic carbocycles. The predicted octanol–water partition coefficient (Wildman–Crippen LogP) is 4.61. The average Bonchev–Trinajstić information content (AvgIpc) is 3.11. The summed E-state index contributed by atoms with van der Waals surface area (Å²) in [7, 11) is 0. The molecule has 150 valence electrons. The van der Waals surface area contributed by atoms with E-state index in [9.17, 15) is 14.8 Å². The summed E-state index contributed by atoms with van der Waals surface area (Å²) in [5.41, 5.74) is 1.55. The Labute approximate surface area is 181 Å². The van der Waals surface area contributed by atoms with Crippen LogP contribution in [-0.2, 0) is 9.53 Å². The number of thiophene rings is 1. The van der Waals surface area contributed by atoms with E-state index in [1.165, 1.54) is 17.5 Å². The minimum Gasteiger partial charge on any atom is -0.618 e. The number of rotatable bonds is 7. The number of esters is 1. The van der Waals surface area contributed by atoms with Crippen LogP contribution in [0.1, 0.15) is 17.3 Å². The minimum absolute atomic E-state index is 0.0217. The average molecular weight is 449 g/mol. The molecule has 0 spiro atoms. The van der Waals surface area contributed by atoms with Gasteiger partial charge in [0, 0.05) is 33.7 Å². The molecule has 0 unspecified atom stereocenters. The number of benzene rings is 1. The third-order valence-corrected chi connectivity index (χ3v) is 6.07. The molecule has 3 aromatic rings.